The molecule has 2 heterocycles. The summed E-state index contributed by atoms with van der Waals surface area (Å²) in [6, 6.07) is 9.91. The molecule has 0 N–H and O–H groups in total. The second kappa shape index (κ2) is 8.74. The lowest BCUT2D eigenvalue weighted by Crippen LogP contribution is -2.07. The minimum atomic E-state index is -0.601. The van der Waals surface area contributed by atoms with Gasteiger partial charge in [-0.1, -0.05) is 23.4 Å². The van der Waals surface area contributed by atoms with Crippen molar-refractivity contribution in [2.75, 3.05) is 12.9 Å². The monoisotopic (exact) mass is 408 g/mol. The number of benzene rings is 1. The number of furan rings is 1. The second-order valence-corrected chi connectivity index (χ2v) is 6.45. The zero-order chi connectivity index (χ0) is 19.2. The van der Waals surface area contributed by atoms with E-state index in [9.17, 15) is 9.59 Å². The third-order valence-corrected chi connectivity index (χ3v) is 4.28. The van der Waals surface area contributed by atoms with Crippen LogP contribution in [0.4, 0.5) is 0 Å². The quantitative estimate of drug-likeness (QED) is 0.428. The van der Waals surface area contributed by atoms with Crippen LogP contribution in [0.2, 0.25) is 5.02 Å². The van der Waals surface area contributed by atoms with Gasteiger partial charge < -0.3 is 18.3 Å². The minimum absolute atomic E-state index is 0.0210. The van der Waals surface area contributed by atoms with E-state index < -0.39 is 11.9 Å². The number of hydrogen-bond acceptors (Lipinski definition) is 9. The Bertz CT molecular complexity index is 937. The van der Waals surface area contributed by atoms with Gasteiger partial charge in [-0.2, -0.15) is 0 Å². The third-order valence-electron chi connectivity index (χ3n) is 3.23. The maximum Gasteiger partial charge on any atom is 0.373 e. The largest absolute Gasteiger partial charge is 0.463 e. The first-order valence-electron chi connectivity index (χ1n) is 7.60. The molecular weight excluding hydrogens is 396 g/mol. The van der Waals surface area contributed by atoms with E-state index in [0.717, 1.165) is 17.3 Å². The van der Waals surface area contributed by atoms with Crippen LogP contribution in [0.15, 0.2) is 50.5 Å². The number of ether oxygens (including phenoxy) is 2. The van der Waals surface area contributed by atoms with E-state index >= 15 is 0 Å². The van der Waals surface area contributed by atoms with Gasteiger partial charge >= 0.3 is 11.9 Å². The molecule has 0 aliphatic rings. The Balaban J connectivity index is 1.47. The summed E-state index contributed by atoms with van der Waals surface area (Å²) in [5.41, 5.74) is 0.723. The fourth-order valence-corrected chi connectivity index (χ4v) is 2.64. The van der Waals surface area contributed by atoms with Crippen molar-refractivity contribution in [1.82, 2.24) is 10.2 Å². The predicted octanol–water partition coefficient (Wildman–Crippen LogP) is 3.61. The number of thioether (sulfide) groups is 1. The van der Waals surface area contributed by atoms with Gasteiger partial charge in [-0.25, -0.2) is 4.79 Å². The number of hydrogen-bond donors (Lipinski definition) is 0. The van der Waals surface area contributed by atoms with E-state index in [0.29, 0.717) is 16.7 Å². The van der Waals surface area contributed by atoms with Crippen LogP contribution in [0.5, 0.6) is 0 Å². The maximum atomic E-state index is 11.8. The molecule has 0 unspecified atom stereocenters. The summed E-state index contributed by atoms with van der Waals surface area (Å²) in [7, 11) is 1.25. The number of esters is 2. The molecule has 10 heteroatoms. The van der Waals surface area contributed by atoms with Gasteiger partial charge in [0.05, 0.1) is 7.11 Å². The lowest BCUT2D eigenvalue weighted by atomic mass is 10.2. The van der Waals surface area contributed by atoms with Crippen molar-refractivity contribution in [3.63, 3.8) is 0 Å². The molecule has 8 nitrogen and oxygen atoms in total. The van der Waals surface area contributed by atoms with E-state index in [4.69, 9.17) is 25.2 Å². The highest BCUT2D eigenvalue weighted by molar-refractivity contribution is 7.99. The molecule has 2 aromatic heterocycles. The summed E-state index contributed by atoms with van der Waals surface area (Å²) in [6.45, 7) is -0.101. The molecule has 27 heavy (non-hydrogen) atoms. The van der Waals surface area contributed by atoms with Crippen molar-refractivity contribution in [2.45, 2.75) is 11.8 Å². The van der Waals surface area contributed by atoms with Gasteiger partial charge in [-0.3, -0.25) is 4.79 Å². The van der Waals surface area contributed by atoms with Gasteiger partial charge in [0.15, 0.2) is 0 Å². The number of aromatic nitrogens is 2. The molecule has 3 rings (SSSR count). The van der Waals surface area contributed by atoms with Crippen LogP contribution in [0, 0.1) is 0 Å². The van der Waals surface area contributed by atoms with E-state index in [1.165, 1.54) is 19.2 Å². The van der Waals surface area contributed by atoms with E-state index in [2.05, 4.69) is 14.9 Å². The number of carbonyl (C=O) groups excluding carboxylic acids is 2. The average molecular weight is 409 g/mol. The molecular formula is C17H13ClN2O6S. The van der Waals surface area contributed by atoms with E-state index in [-0.39, 0.29) is 23.3 Å². The Hall–Kier alpha value is -2.78. The molecule has 0 bridgehead atoms. The zero-order valence-electron chi connectivity index (χ0n) is 14.0. The SMILES string of the molecule is COC(=O)c1ccc(COC(=O)CSc2nnc(-c3ccc(Cl)cc3)o2)o1. The summed E-state index contributed by atoms with van der Waals surface area (Å²) >= 11 is 6.89. The van der Waals surface area contributed by atoms with Gasteiger partial charge in [-0.15, -0.1) is 10.2 Å². The van der Waals surface area contributed by atoms with Crippen LogP contribution < -0.4 is 0 Å². The number of methoxy groups -OCH3 is 1. The van der Waals surface area contributed by atoms with Crippen molar-refractivity contribution in [3.8, 4) is 11.5 Å². The highest BCUT2D eigenvalue weighted by Crippen LogP contribution is 2.24. The maximum absolute atomic E-state index is 11.8. The second-order valence-electron chi connectivity index (χ2n) is 5.09. The highest BCUT2D eigenvalue weighted by atomic mass is 35.5. The molecule has 0 radical (unpaired) electrons. The topological polar surface area (TPSA) is 105 Å². The highest BCUT2D eigenvalue weighted by Gasteiger charge is 2.14. The molecule has 3 aromatic rings. The first kappa shape index (κ1) is 19.0. The van der Waals surface area contributed by atoms with E-state index in [1.807, 2.05) is 0 Å². The Labute approximate surface area is 162 Å². The van der Waals surface area contributed by atoms with Crippen molar-refractivity contribution in [2.24, 2.45) is 0 Å². The first-order valence-corrected chi connectivity index (χ1v) is 8.96. The minimum Gasteiger partial charge on any atom is -0.463 e. The third kappa shape index (κ3) is 5.11. The van der Waals surface area contributed by atoms with Gasteiger partial charge in [0.25, 0.3) is 5.22 Å². The molecule has 0 spiro atoms. The number of halogens is 1. The molecule has 0 aliphatic carbocycles. The standard InChI is InChI=1S/C17H13ClN2O6S/c1-23-16(22)13-7-6-12(25-13)8-24-14(21)9-27-17-20-19-15(26-17)10-2-4-11(18)5-3-10/h2-7H,8-9H2,1H3. The predicted molar refractivity (Wildman–Crippen MR) is 95.3 cm³/mol. The van der Waals surface area contributed by atoms with Gasteiger partial charge in [0.1, 0.15) is 18.1 Å². The Morgan fingerprint density at radius 1 is 1.11 bits per heavy atom. The summed E-state index contributed by atoms with van der Waals surface area (Å²) in [4.78, 5) is 23.1. The van der Waals surface area contributed by atoms with Gasteiger partial charge in [0.2, 0.25) is 11.7 Å². The van der Waals surface area contributed by atoms with Gasteiger partial charge in [-0.05, 0) is 36.4 Å². The Kier molecular flexibility index (Phi) is 6.15. The normalized spacial score (nSPS) is 10.6. The lowest BCUT2D eigenvalue weighted by Gasteiger charge is -2.01. The smallest absolute Gasteiger partial charge is 0.373 e. The first-order chi connectivity index (χ1) is 13.0. The van der Waals surface area contributed by atoms with Crippen molar-refractivity contribution in [3.05, 3.63) is 52.9 Å². The summed E-state index contributed by atoms with van der Waals surface area (Å²) in [5, 5.41) is 8.64. The Morgan fingerprint density at radius 2 is 1.89 bits per heavy atom. The summed E-state index contributed by atoms with van der Waals surface area (Å²) in [6.07, 6.45) is 0. The fraction of sp³-hybridized carbons (Fsp3) is 0.176. The molecule has 0 fully saturated rings. The number of nitrogens with zero attached hydrogens (tertiary/aromatic N) is 2. The molecule has 0 atom stereocenters. The lowest BCUT2D eigenvalue weighted by molar-refractivity contribution is -0.142. The molecule has 140 valence electrons. The van der Waals surface area contributed by atoms with Crippen LogP contribution in [0.3, 0.4) is 0 Å². The zero-order valence-corrected chi connectivity index (χ0v) is 15.6. The number of carbonyl (C=O) groups is 2. The summed E-state index contributed by atoms with van der Waals surface area (Å²) < 4.78 is 20.3. The molecule has 0 saturated heterocycles. The van der Waals surface area contributed by atoms with Crippen molar-refractivity contribution in [1.29, 1.82) is 0 Å². The van der Waals surface area contributed by atoms with Crippen LogP contribution in [0.1, 0.15) is 16.3 Å². The average Bonchev–Trinajstić information content (AvgIpc) is 3.34. The molecule has 0 saturated carbocycles. The fourth-order valence-electron chi connectivity index (χ4n) is 1.96. The van der Waals surface area contributed by atoms with E-state index in [1.54, 1.807) is 24.3 Å². The Morgan fingerprint density at radius 3 is 2.63 bits per heavy atom. The molecule has 0 amide bonds. The van der Waals surface area contributed by atoms with Gasteiger partial charge in [0, 0.05) is 10.6 Å². The van der Waals surface area contributed by atoms with Crippen LogP contribution in [0.25, 0.3) is 11.5 Å². The van der Waals surface area contributed by atoms with Crippen LogP contribution in [-0.2, 0) is 20.9 Å². The molecule has 1 aromatic carbocycles. The van der Waals surface area contributed by atoms with Crippen molar-refractivity contribution < 1.29 is 27.9 Å². The van der Waals surface area contributed by atoms with Crippen LogP contribution >= 0.6 is 23.4 Å². The summed E-state index contributed by atoms with van der Waals surface area (Å²) in [5.74, 6) is -0.422. The number of rotatable bonds is 7. The van der Waals surface area contributed by atoms with Crippen LogP contribution in [-0.4, -0.2) is 35.0 Å². The van der Waals surface area contributed by atoms with Crippen molar-refractivity contribution >= 4 is 35.3 Å². The molecule has 0 aliphatic heterocycles.